The normalized spacial score (nSPS) is 10.4. The highest BCUT2D eigenvalue weighted by Crippen LogP contribution is 2.10. The molecule has 2 aromatic rings. The fourth-order valence-corrected chi connectivity index (χ4v) is 1.95. The molecule has 3 N–H and O–H groups in total. The van der Waals surface area contributed by atoms with Gasteiger partial charge in [-0.2, -0.15) is 0 Å². The minimum atomic E-state index is -0.202. The number of hydrogen-bond acceptors (Lipinski definition) is 5. The molecule has 0 aliphatic heterocycles. The number of amides is 1. The third-order valence-corrected chi connectivity index (χ3v) is 2.98. The van der Waals surface area contributed by atoms with E-state index in [1.54, 1.807) is 11.6 Å². The molecular weight excluding hydrogens is 238 g/mol. The van der Waals surface area contributed by atoms with Gasteiger partial charge < -0.3 is 15.6 Å². The first-order chi connectivity index (χ1) is 8.16. The number of nitrogens with zero attached hydrogens (tertiary/aromatic N) is 3. The molecule has 0 atom stereocenters. The molecule has 0 spiro atoms. The van der Waals surface area contributed by atoms with E-state index in [4.69, 9.17) is 5.73 Å². The number of imidazole rings is 1. The van der Waals surface area contributed by atoms with Crippen molar-refractivity contribution in [3.05, 3.63) is 29.3 Å². The van der Waals surface area contributed by atoms with Gasteiger partial charge in [0.15, 0.2) is 5.13 Å². The number of nitrogens with one attached hydrogen (secondary N) is 1. The van der Waals surface area contributed by atoms with Gasteiger partial charge in [-0.15, -0.1) is 11.3 Å². The van der Waals surface area contributed by atoms with Crippen LogP contribution in [-0.4, -0.2) is 27.0 Å². The second kappa shape index (κ2) is 4.96. The SMILES string of the molecule is Cn1ccnc1CCNC(=O)c1csc(N)n1. The number of thiazole rings is 1. The average Bonchev–Trinajstić information content (AvgIpc) is 2.88. The highest BCUT2D eigenvalue weighted by molar-refractivity contribution is 7.13. The molecule has 2 rings (SSSR count). The molecule has 0 radical (unpaired) electrons. The largest absolute Gasteiger partial charge is 0.375 e. The Labute approximate surface area is 102 Å². The number of hydrogen-bond donors (Lipinski definition) is 2. The zero-order valence-corrected chi connectivity index (χ0v) is 10.2. The summed E-state index contributed by atoms with van der Waals surface area (Å²) in [4.78, 5) is 19.7. The predicted octanol–water partition coefficient (Wildman–Crippen LogP) is 0.431. The summed E-state index contributed by atoms with van der Waals surface area (Å²) >= 11 is 1.26. The Kier molecular flexibility index (Phi) is 3.38. The van der Waals surface area contributed by atoms with E-state index in [0.29, 0.717) is 23.8 Å². The first-order valence-corrected chi connectivity index (χ1v) is 6.00. The van der Waals surface area contributed by atoms with Gasteiger partial charge >= 0.3 is 0 Å². The lowest BCUT2D eigenvalue weighted by atomic mass is 10.3. The maximum Gasteiger partial charge on any atom is 0.270 e. The van der Waals surface area contributed by atoms with Crippen LogP contribution < -0.4 is 11.1 Å². The van der Waals surface area contributed by atoms with Crippen LogP contribution in [0.25, 0.3) is 0 Å². The molecule has 0 fully saturated rings. The third-order valence-electron chi connectivity index (χ3n) is 2.31. The van der Waals surface area contributed by atoms with E-state index >= 15 is 0 Å². The summed E-state index contributed by atoms with van der Waals surface area (Å²) in [5.41, 5.74) is 5.82. The van der Waals surface area contributed by atoms with Gasteiger partial charge in [0.1, 0.15) is 11.5 Å². The van der Waals surface area contributed by atoms with Crippen molar-refractivity contribution in [3.8, 4) is 0 Å². The van der Waals surface area contributed by atoms with E-state index in [9.17, 15) is 4.79 Å². The molecule has 0 saturated heterocycles. The van der Waals surface area contributed by atoms with Gasteiger partial charge in [-0.05, 0) is 0 Å². The van der Waals surface area contributed by atoms with E-state index in [0.717, 1.165) is 5.82 Å². The van der Waals surface area contributed by atoms with Crippen molar-refractivity contribution in [1.82, 2.24) is 19.9 Å². The van der Waals surface area contributed by atoms with Crippen molar-refractivity contribution in [2.45, 2.75) is 6.42 Å². The van der Waals surface area contributed by atoms with Crippen LogP contribution in [0, 0.1) is 0 Å². The fraction of sp³-hybridized carbons (Fsp3) is 0.300. The Morgan fingerprint density at radius 3 is 3.06 bits per heavy atom. The standard InChI is InChI=1S/C10H13N5OS/c1-15-5-4-12-8(15)2-3-13-9(16)7-6-17-10(11)14-7/h4-6H,2-3H2,1H3,(H2,11,14)(H,13,16). The summed E-state index contributed by atoms with van der Waals surface area (Å²) in [5, 5.41) is 4.82. The molecule has 0 bridgehead atoms. The molecule has 0 unspecified atom stereocenters. The Balaban J connectivity index is 1.83. The first kappa shape index (κ1) is 11.6. The van der Waals surface area contributed by atoms with Crippen molar-refractivity contribution >= 4 is 22.4 Å². The highest BCUT2D eigenvalue weighted by atomic mass is 32.1. The van der Waals surface area contributed by atoms with Crippen LogP contribution in [0.2, 0.25) is 0 Å². The molecule has 6 nitrogen and oxygen atoms in total. The number of anilines is 1. The zero-order valence-electron chi connectivity index (χ0n) is 9.38. The molecule has 0 aliphatic rings. The summed E-state index contributed by atoms with van der Waals surface area (Å²) in [6.07, 6.45) is 4.30. The second-order valence-electron chi connectivity index (χ2n) is 3.53. The maximum absolute atomic E-state index is 11.6. The molecule has 90 valence electrons. The van der Waals surface area contributed by atoms with Crippen LogP contribution in [0.15, 0.2) is 17.8 Å². The number of aromatic nitrogens is 3. The molecule has 17 heavy (non-hydrogen) atoms. The topological polar surface area (TPSA) is 85.8 Å². The van der Waals surface area contributed by atoms with Gasteiger partial charge in [-0.1, -0.05) is 0 Å². The van der Waals surface area contributed by atoms with Crippen LogP contribution in [0.1, 0.15) is 16.3 Å². The number of carbonyl (C=O) groups excluding carboxylic acids is 1. The fourth-order valence-electron chi connectivity index (χ4n) is 1.41. The van der Waals surface area contributed by atoms with Crippen molar-refractivity contribution in [2.75, 3.05) is 12.3 Å². The highest BCUT2D eigenvalue weighted by Gasteiger charge is 2.09. The van der Waals surface area contributed by atoms with E-state index in [2.05, 4.69) is 15.3 Å². The van der Waals surface area contributed by atoms with Crippen LogP contribution in [0.5, 0.6) is 0 Å². The summed E-state index contributed by atoms with van der Waals surface area (Å²) in [7, 11) is 1.92. The lowest BCUT2D eigenvalue weighted by Crippen LogP contribution is -2.26. The number of aryl methyl sites for hydroxylation is 1. The van der Waals surface area contributed by atoms with Gasteiger partial charge in [0.2, 0.25) is 0 Å². The van der Waals surface area contributed by atoms with Gasteiger partial charge in [-0.3, -0.25) is 4.79 Å². The van der Waals surface area contributed by atoms with Crippen LogP contribution >= 0.6 is 11.3 Å². The molecule has 0 saturated carbocycles. The predicted molar refractivity (Wildman–Crippen MR) is 65.8 cm³/mol. The summed E-state index contributed by atoms with van der Waals surface area (Å²) in [6.45, 7) is 0.529. The number of carbonyl (C=O) groups is 1. The first-order valence-electron chi connectivity index (χ1n) is 5.12. The zero-order chi connectivity index (χ0) is 12.3. The molecule has 2 heterocycles. The van der Waals surface area contributed by atoms with Crippen LogP contribution in [-0.2, 0) is 13.5 Å². The van der Waals surface area contributed by atoms with E-state index in [-0.39, 0.29) is 5.91 Å². The van der Waals surface area contributed by atoms with Crippen LogP contribution in [0.4, 0.5) is 5.13 Å². The Morgan fingerprint density at radius 1 is 1.65 bits per heavy atom. The summed E-state index contributed by atoms with van der Waals surface area (Å²) < 4.78 is 1.92. The molecular formula is C10H13N5OS. The van der Waals surface area contributed by atoms with Crippen molar-refractivity contribution in [1.29, 1.82) is 0 Å². The maximum atomic E-state index is 11.6. The molecule has 0 aliphatic carbocycles. The minimum absolute atomic E-state index is 0.202. The van der Waals surface area contributed by atoms with Crippen LogP contribution in [0.3, 0.4) is 0 Å². The smallest absolute Gasteiger partial charge is 0.270 e. The van der Waals surface area contributed by atoms with E-state index in [1.165, 1.54) is 11.3 Å². The summed E-state index contributed by atoms with van der Waals surface area (Å²) in [6, 6.07) is 0. The van der Waals surface area contributed by atoms with Crippen molar-refractivity contribution < 1.29 is 4.79 Å². The molecule has 2 aromatic heterocycles. The van der Waals surface area contributed by atoms with Gasteiger partial charge in [0.25, 0.3) is 5.91 Å². The Morgan fingerprint density at radius 2 is 2.47 bits per heavy atom. The van der Waals surface area contributed by atoms with Gasteiger partial charge in [0, 0.05) is 37.8 Å². The lowest BCUT2D eigenvalue weighted by molar-refractivity contribution is 0.0949. The van der Waals surface area contributed by atoms with Gasteiger partial charge in [0.05, 0.1) is 0 Å². The Hall–Kier alpha value is -1.89. The Bertz CT molecular complexity index is 518. The van der Waals surface area contributed by atoms with E-state index < -0.39 is 0 Å². The third kappa shape index (κ3) is 2.82. The number of nitrogens with two attached hydrogens (primary N) is 1. The molecule has 0 aromatic carbocycles. The van der Waals surface area contributed by atoms with E-state index in [1.807, 2.05) is 17.8 Å². The minimum Gasteiger partial charge on any atom is -0.375 e. The van der Waals surface area contributed by atoms with Crippen molar-refractivity contribution in [2.24, 2.45) is 7.05 Å². The second-order valence-corrected chi connectivity index (χ2v) is 4.42. The van der Waals surface area contributed by atoms with Gasteiger partial charge in [-0.25, -0.2) is 9.97 Å². The number of rotatable bonds is 4. The quantitative estimate of drug-likeness (QED) is 0.825. The lowest BCUT2D eigenvalue weighted by Gasteiger charge is -2.03. The number of nitrogen functional groups attached to an aromatic ring is 1. The van der Waals surface area contributed by atoms with Crippen molar-refractivity contribution in [3.63, 3.8) is 0 Å². The molecule has 7 heteroatoms. The summed E-state index contributed by atoms with van der Waals surface area (Å²) in [5.74, 6) is 0.732. The molecule has 1 amide bonds. The monoisotopic (exact) mass is 251 g/mol. The average molecular weight is 251 g/mol.